The Morgan fingerprint density at radius 3 is 2.64 bits per heavy atom. The number of hydrogen-bond acceptors (Lipinski definition) is 5. The predicted octanol–water partition coefficient (Wildman–Crippen LogP) is 3.77. The third-order valence-corrected chi connectivity index (χ3v) is 5.40. The Bertz CT molecular complexity index is 955. The van der Waals surface area contributed by atoms with Crippen molar-refractivity contribution in [3.05, 3.63) is 42.1 Å². The molecule has 2 aliphatic heterocycles. The van der Waals surface area contributed by atoms with E-state index in [2.05, 4.69) is 24.1 Å². The normalized spacial score (nSPS) is 22.6. The fourth-order valence-electron chi connectivity index (χ4n) is 3.54. The Morgan fingerprint density at radius 2 is 2.00 bits per heavy atom. The van der Waals surface area contributed by atoms with Crippen LogP contribution in [0.1, 0.15) is 39.7 Å². The summed E-state index contributed by atoms with van der Waals surface area (Å²) >= 11 is 0. The van der Waals surface area contributed by atoms with Crippen molar-refractivity contribution in [3.63, 3.8) is 0 Å². The average Bonchev–Trinajstić information content (AvgIpc) is 3.10. The van der Waals surface area contributed by atoms with Gasteiger partial charge in [0, 0.05) is 11.0 Å². The molecule has 0 aliphatic carbocycles. The number of rotatable bonds is 4. The van der Waals surface area contributed by atoms with Crippen molar-refractivity contribution in [3.8, 4) is 17.2 Å². The maximum Gasteiger partial charge on any atom is 0.330 e. The number of fused-ring (bicyclic) bond motifs is 1. The van der Waals surface area contributed by atoms with Gasteiger partial charge in [0.25, 0.3) is 5.91 Å². The van der Waals surface area contributed by atoms with E-state index in [4.69, 9.17) is 9.47 Å². The number of pyridine rings is 1. The van der Waals surface area contributed by atoms with Crippen LogP contribution in [0.2, 0.25) is 0 Å². The lowest BCUT2D eigenvalue weighted by molar-refractivity contribution is -0.121. The molecule has 1 N–H and O–H groups in total. The van der Waals surface area contributed by atoms with Gasteiger partial charge in [-0.05, 0) is 37.6 Å². The van der Waals surface area contributed by atoms with Crippen LogP contribution in [0.3, 0.4) is 0 Å². The highest BCUT2D eigenvalue weighted by atomic mass is 16.5. The lowest BCUT2D eigenvalue weighted by atomic mass is 9.86. The van der Waals surface area contributed by atoms with Crippen LogP contribution in [0.5, 0.6) is 17.2 Å². The fourth-order valence-corrected chi connectivity index (χ4v) is 3.54. The maximum absolute atomic E-state index is 12.6. The van der Waals surface area contributed by atoms with Crippen molar-refractivity contribution < 1.29 is 19.1 Å². The van der Waals surface area contributed by atoms with Gasteiger partial charge in [-0.25, -0.2) is 14.7 Å². The zero-order valence-electron chi connectivity index (χ0n) is 16.4. The lowest BCUT2D eigenvalue weighted by Gasteiger charge is -2.20. The molecule has 1 aromatic heterocycles. The second-order valence-corrected chi connectivity index (χ2v) is 8.01. The molecule has 1 fully saturated rings. The minimum Gasteiger partial charge on any atom is -0.492 e. The Hall–Kier alpha value is -3.09. The van der Waals surface area contributed by atoms with Crippen LogP contribution in [0.15, 0.2) is 36.5 Å². The number of aromatic nitrogens is 1. The molecule has 1 aromatic carbocycles. The molecule has 7 heteroatoms. The monoisotopic (exact) mass is 381 g/mol. The highest BCUT2D eigenvalue weighted by molar-refractivity contribution is 6.22. The SMILES string of the molecule is CC[C@@]1(C)NC(=O)N(c2ccc(Oc3cccc4c3C(C)(C)CO4)cn2)C1=O. The van der Waals surface area contributed by atoms with E-state index in [1.807, 2.05) is 25.1 Å². The fraction of sp³-hybridized carbons (Fsp3) is 0.381. The molecule has 0 saturated carbocycles. The molecule has 0 unspecified atom stereocenters. The second kappa shape index (κ2) is 6.22. The van der Waals surface area contributed by atoms with Gasteiger partial charge in [-0.2, -0.15) is 0 Å². The van der Waals surface area contributed by atoms with Crippen molar-refractivity contribution >= 4 is 17.8 Å². The summed E-state index contributed by atoms with van der Waals surface area (Å²) in [6.45, 7) is 8.38. The summed E-state index contributed by atoms with van der Waals surface area (Å²) in [7, 11) is 0. The van der Waals surface area contributed by atoms with Crippen LogP contribution in [0, 0.1) is 0 Å². The van der Waals surface area contributed by atoms with Gasteiger partial charge < -0.3 is 14.8 Å². The molecule has 3 heterocycles. The van der Waals surface area contributed by atoms with E-state index in [9.17, 15) is 9.59 Å². The van der Waals surface area contributed by atoms with E-state index < -0.39 is 11.6 Å². The molecule has 3 amide bonds. The Balaban J connectivity index is 1.59. The molecular formula is C21H23N3O4. The van der Waals surface area contributed by atoms with Crippen LogP contribution in [-0.4, -0.2) is 29.1 Å². The molecule has 7 nitrogen and oxygen atoms in total. The zero-order chi connectivity index (χ0) is 20.1. The number of nitrogens with zero attached hydrogens (tertiary/aromatic N) is 2. The molecule has 1 saturated heterocycles. The number of carbonyl (C=O) groups excluding carboxylic acids is 2. The van der Waals surface area contributed by atoms with Gasteiger partial charge in [0.1, 0.15) is 28.6 Å². The molecule has 4 rings (SSSR count). The quantitative estimate of drug-likeness (QED) is 0.816. The van der Waals surface area contributed by atoms with Crippen molar-refractivity contribution in [1.29, 1.82) is 0 Å². The summed E-state index contributed by atoms with van der Waals surface area (Å²) in [5.41, 5.74) is -0.0273. The first-order valence-electron chi connectivity index (χ1n) is 9.32. The average molecular weight is 381 g/mol. The summed E-state index contributed by atoms with van der Waals surface area (Å²) in [4.78, 5) is 30.2. The predicted molar refractivity (Wildman–Crippen MR) is 104 cm³/mol. The first kappa shape index (κ1) is 18.3. The van der Waals surface area contributed by atoms with Crippen LogP contribution in [-0.2, 0) is 10.2 Å². The van der Waals surface area contributed by atoms with E-state index in [0.717, 1.165) is 16.2 Å². The van der Waals surface area contributed by atoms with Gasteiger partial charge >= 0.3 is 6.03 Å². The highest BCUT2D eigenvalue weighted by Gasteiger charge is 2.47. The molecular weight excluding hydrogens is 358 g/mol. The number of carbonyl (C=O) groups is 2. The van der Waals surface area contributed by atoms with Gasteiger partial charge in [-0.1, -0.05) is 26.8 Å². The van der Waals surface area contributed by atoms with E-state index in [0.29, 0.717) is 24.5 Å². The second-order valence-electron chi connectivity index (χ2n) is 8.01. The zero-order valence-corrected chi connectivity index (χ0v) is 16.4. The van der Waals surface area contributed by atoms with Gasteiger partial charge in [0.05, 0.1) is 12.8 Å². The van der Waals surface area contributed by atoms with E-state index in [1.165, 1.54) is 6.20 Å². The Kier molecular flexibility index (Phi) is 4.06. The van der Waals surface area contributed by atoms with E-state index >= 15 is 0 Å². The molecule has 2 aromatic rings. The topological polar surface area (TPSA) is 80.8 Å². The summed E-state index contributed by atoms with van der Waals surface area (Å²) < 4.78 is 11.8. The number of ether oxygens (including phenoxy) is 2. The van der Waals surface area contributed by atoms with Crippen molar-refractivity contribution in [2.45, 2.75) is 45.1 Å². The van der Waals surface area contributed by atoms with Crippen molar-refractivity contribution in [2.24, 2.45) is 0 Å². The molecule has 0 bridgehead atoms. The molecule has 28 heavy (non-hydrogen) atoms. The summed E-state index contributed by atoms with van der Waals surface area (Å²) in [5, 5.41) is 2.72. The first-order chi connectivity index (χ1) is 13.2. The van der Waals surface area contributed by atoms with Crippen molar-refractivity contribution in [2.75, 3.05) is 11.5 Å². The van der Waals surface area contributed by atoms with Crippen LogP contribution < -0.4 is 19.7 Å². The molecule has 146 valence electrons. The smallest absolute Gasteiger partial charge is 0.330 e. The van der Waals surface area contributed by atoms with E-state index in [1.54, 1.807) is 19.1 Å². The minimum atomic E-state index is -0.899. The number of benzene rings is 1. The number of nitrogens with one attached hydrogen (secondary N) is 1. The Morgan fingerprint density at radius 1 is 1.21 bits per heavy atom. The molecule has 0 spiro atoms. The lowest BCUT2D eigenvalue weighted by Crippen LogP contribution is -2.43. The first-order valence-corrected chi connectivity index (χ1v) is 9.32. The van der Waals surface area contributed by atoms with Crippen LogP contribution in [0.25, 0.3) is 0 Å². The van der Waals surface area contributed by atoms with Gasteiger partial charge in [-0.15, -0.1) is 0 Å². The number of imide groups is 1. The minimum absolute atomic E-state index is 0.149. The summed E-state index contributed by atoms with van der Waals surface area (Å²) in [6, 6.07) is 8.56. The third-order valence-electron chi connectivity index (χ3n) is 5.40. The molecule has 0 radical (unpaired) electrons. The molecule has 1 atom stereocenters. The largest absolute Gasteiger partial charge is 0.492 e. The van der Waals surface area contributed by atoms with Crippen LogP contribution in [0.4, 0.5) is 10.6 Å². The standard InChI is InChI=1S/C21H23N3O4/c1-5-21(4)18(25)24(19(26)23-21)16-10-9-13(11-22-16)28-15-8-6-7-14-17(15)20(2,3)12-27-14/h6-11H,5,12H2,1-4H3,(H,23,26)/t21-/m1/s1. The number of urea groups is 1. The van der Waals surface area contributed by atoms with Gasteiger partial charge in [-0.3, -0.25) is 4.79 Å². The summed E-state index contributed by atoms with van der Waals surface area (Å²) in [5.74, 6) is 2.02. The van der Waals surface area contributed by atoms with Crippen molar-refractivity contribution in [1.82, 2.24) is 10.3 Å². The van der Waals surface area contributed by atoms with E-state index in [-0.39, 0.29) is 17.1 Å². The molecule has 2 aliphatic rings. The number of anilines is 1. The van der Waals surface area contributed by atoms with Crippen LogP contribution >= 0.6 is 0 Å². The highest BCUT2D eigenvalue weighted by Crippen LogP contribution is 2.45. The number of amides is 3. The van der Waals surface area contributed by atoms with Gasteiger partial charge in [0.15, 0.2) is 0 Å². The summed E-state index contributed by atoms with van der Waals surface area (Å²) in [6.07, 6.45) is 2.02. The Labute approximate surface area is 163 Å². The van der Waals surface area contributed by atoms with Gasteiger partial charge in [0.2, 0.25) is 0 Å². The maximum atomic E-state index is 12.6. The third kappa shape index (κ3) is 2.78. The number of hydrogen-bond donors (Lipinski definition) is 1.